The molecule has 0 atom stereocenters. The van der Waals surface area contributed by atoms with E-state index in [9.17, 15) is 4.79 Å². The molecule has 0 N–H and O–H groups in total. The van der Waals surface area contributed by atoms with Crippen LogP contribution in [0.15, 0.2) is 60.2 Å². The largest absolute Gasteiger partial charge is 0.494 e. The summed E-state index contributed by atoms with van der Waals surface area (Å²) in [6.45, 7) is 6.54. The highest BCUT2D eigenvalue weighted by Gasteiger charge is 2.23. The summed E-state index contributed by atoms with van der Waals surface area (Å²) in [5.74, 6) is 0.933. The maximum Gasteiger partial charge on any atom is 0.343 e. The van der Waals surface area contributed by atoms with Gasteiger partial charge in [0.15, 0.2) is 0 Å². The van der Waals surface area contributed by atoms with E-state index in [1.807, 2.05) is 69.3 Å². The van der Waals surface area contributed by atoms with Gasteiger partial charge in [-0.25, -0.2) is 4.79 Å². The monoisotopic (exact) mass is 453 g/mol. The average molecular weight is 454 g/mol. The fourth-order valence-corrected chi connectivity index (χ4v) is 3.93. The number of hydrogen-bond acceptors (Lipinski definition) is 3. The Bertz CT molecular complexity index is 1220. The van der Waals surface area contributed by atoms with E-state index in [-0.39, 0.29) is 5.97 Å². The predicted molar refractivity (Wildman–Crippen MR) is 125 cm³/mol. The second-order valence-corrected chi connectivity index (χ2v) is 8.03. The van der Waals surface area contributed by atoms with E-state index in [1.165, 1.54) is 0 Å². The third-order valence-corrected chi connectivity index (χ3v) is 5.86. The standard InChI is InChI=1S/C25H21Cl2NO3/c1-4-30-21-8-5-17(6-9-21)24-13-19(25(29)31-24)12-18-11-15(2)28(16(18)3)20-7-10-22(26)23(27)14-20/h5-14H,4H2,1-3H3/b19-12-. The molecule has 4 rings (SSSR count). The lowest BCUT2D eigenvalue weighted by molar-refractivity contribution is -0.130. The summed E-state index contributed by atoms with van der Waals surface area (Å²) < 4.78 is 13.0. The summed E-state index contributed by atoms with van der Waals surface area (Å²) in [5.41, 5.74) is 5.16. The second kappa shape index (κ2) is 8.66. The van der Waals surface area contributed by atoms with Crippen molar-refractivity contribution in [2.45, 2.75) is 20.8 Å². The van der Waals surface area contributed by atoms with Crippen LogP contribution in [0.3, 0.4) is 0 Å². The first-order valence-electron chi connectivity index (χ1n) is 9.90. The molecule has 0 fully saturated rings. The highest BCUT2D eigenvalue weighted by Crippen LogP contribution is 2.31. The van der Waals surface area contributed by atoms with Crippen LogP contribution in [0.2, 0.25) is 10.0 Å². The minimum atomic E-state index is -0.372. The van der Waals surface area contributed by atoms with Gasteiger partial charge in [-0.2, -0.15) is 0 Å². The lowest BCUT2D eigenvalue weighted by Gasteiger charge is -2.10. The number of esters is 1. The molecule has 3 aromatic rings. The Morgan fingerprint density at radius 2 is 1.77 bits per heavy atom. The smallest absolute Gasteiger partial charge is 0.343 e. The van der Waals surface area contributed by atoms with Gasteiger partial charge in [0.05, 0.1) is 22.2 Å². The van der Waals surface area contributed by atoms with Gasteiger partial charge in [-0.05, 0) is 87.0 Å². The Labute approximate surface area is 191 Å². The van der Waals surface area contributed by atoms with Crippen LogP contribution in [0.25, 0.3) is 17.5 Å². The van der Waals surface area contributed by atoms with Crippen LogP contribution in [-0.4, -0.2) is 17.1 Å². The summed E-state index contributed by atoms with van der Waals surface area (Å²) >= 11 is 12.3. The zero-order valence-corrected chi connectivity index (χ0v) is 18.9. The SMILES string of the molecule is CCOc1ccc(C2=C/C(=C/c3cc(C)n(-c4ccc(Cl)c(Cl)c4)c3C)C(=O)O2)cc1. The molecule has 0 spiro atoms. The molecule has 31 heavy (non-hydrogen) atoms. The van der Waals surface area contributed by atoms with Crippen LogP contribution in [0.5, 0.6) is 5.75 Å². The predicted octanol–water partition coefficient (Wildman–Crippen LogP) is 6.78. The van der Waals surface area contributed by atoms with E-state index >= 15 is 0 Å². The van der Waals surface area contributed by atoms with Gasteiger partial charge in [0.25, 0.3) is 0 Å². The summed E-state index contributed by atoms with van der Waals surface area (Å²) in [7, 11) is 0. The Morgan fingerprint density at radius 3 is 2.45 bits per heavy atom. The molecule has 0 saturated heterocycles. The Kier molecular flexibility index (Phi) is 5.94. The number of cyclic esters (lactones) is 1. The van der Waals surface area contributed by atoms with Crippen LogP contribution < -0.4 is 4.74 Å². The van der Waals surface area contributed by atoms with Crippen LogP contribution >= 0.6 is 23.2 Å². The van der Waals surface area contributed by atoms with Crippen molar-refractivity contribution < 1.29 is 14.3 Å². The van der Waals surface area contributed by atoms with Gasteiger partial charge in [-0.1, -0.05) is 23.2 Å². The third kappa shape index (κ3) is 4.27. The van der Waals surface area contributed by atoms with E-state index in [1.54, 1.807) is 12.1 Å². The van der Waals surface area contributed by atoms with Crippen LogP contribution in [-0.2, 0) is 9.53 Å². The van der Waals surface area contributed by atoms with E-state index in [2.05, 4.69) is 4.57 Å². The maximum atomic E-state index is 12.5. The van der Waals surface area contributed by atoms with Gasteiger partial charge in [0, 0.05) is 22.6 Å². The van der Waals surface area contributed by atoms with E-state index in [4.69, 9.17) is 32.7 Å². The van der Waals surface area contributed by atoms with Gasteiger partial charge < -0.3 is 14.0 Å². The zero-order chi connectivity index (χ0) is 22.1. The maximum absolute atomic E-state index is 12.5. The molecule has 0 unspecified atom stereocenters. The average Bonchev–Trinajstić information content (AvgIpc) is 3.24. The molecule has 2 heterocycles. The number of benzene rings is 2. The first-order valence-corrected chi connectivity index (χ1v) is 10.7. The van der Waals surface area contributed by atoms with E-state index in [0.29, 0.717) is 28.0 Å². The van der Waals surface area contributed by atoms with Crippen molar-refractivity contribution in [1.82, 2.24) is 4.57 Å². The van der Waals surface area contributed by atoms with Gasteiger partial charge >= 0.3 is 5.97 Å². The highest BCUT2D eigenvalue weighted by atomic mass is 35.5. The van der Waals surface area contributed by atoms with Crippen molar-refractivity contribution in [2.75, 3.05) is 6.61 Å². The van der Waals surface area contributed by atoms with E-state index < -0.39 is 0 Å². The molecule has 4 nitrogen and oxygen atoms in total. The molecule has 0 saturated carbocycles. The summed E-state index contributed by atoms with van der Waals surface area (Å²) in [6, 6.07) is 15.0. The third-order valence-electron chi connectivity index (χ3n) is 5.12. The molecule has 1 aliphatic heterocycles. The molecular weight excluding hydrogens is 433 g/mol. The molecule has 0 radical (unpaired) electrons. The molecular formula is C25H21Cl2NO3. The first kappa shape index (κ1) is 21.3. The molecule has 0 bridgehead atoms. The zero-order valence-electron chi connectivity index (χ0n) is 17.4. The van der Waals surface area contributed by atoms with Crippen molar-refractivity contribution in [3.8, 4) is 11.4 Å². The summed E-state index contributed by atoms with van der Waals surface area (Å²) in [4.78, 5) is 12.5. The summed E-state index contributed by atoms with van der Waals surface area (Å²) in [5, 5.41) is 1.00. The Morgan fingerprint density at radius 1 is 1.03 bits per heavy atom. The fraction of sp³-hybridized carbons (Fsp3) is 0.160. The number of aromatic nitrogens is 1. The van der Waals surface area contributed by atoms with Crippen molar-refractivity contribution in [3.63, 3.8) is 0 Å². The molecule has 1 aromatic heterocycles. The van der Waals surface area contributed by atoms with Crippen molar-refractivity contribution in [3.05, 3.63) is 92.7 Å². The normalized spacial score (nSPS) is 14.7. The van der Waals surface area contributed by atoms with Crippen LogP contribution in [0, 0.1) is 13.8 Å². The number of hydrogen-bond donors (Lipinski definition) is 0. The number of aryl methyl sites for hydroxylation is 1. The Hall–Kier alpha value is -2.95. The van der Waals surface area contributed by atoms with E-state index in [0.717, 1.165) is 34.0 Å². The molecule has 1 aliphatic rings. The van der Waals surface area contributed by atoms with Gasteiger partial charge in [0.2, 0.25) is 0 Å². The quantitative estimate of drug-likeness (QED) is 0.315. The summed E-state index contributed by atoms with van der Waals surface area (Å²) in [6.07, 6.45) is 3.61. The molecule has 2 aromatic carbocycles. The minimum absolute atomic E-state index is 0.372. The number of carbonyl (C=O) groups is 1. The van der Waals surface area contributed by atoms with Gasteiger partial charge in [0.1, 0.15) is 11.5 Å². The van der Waals surface area contributed by atoms with Gasteiger partial charge in [-0.3, -0.25) is 0 Å². The molecule has 0 amide bonds. The fourth-order valence-electron chi connectivity index (χ4n) is 3.64. The topological polar surface area (TPSA) is 40.5 Å². The van der Waals surface area contributed by atoms with Crippen molar-refractivity contribution >= 4 is 41.0 Å². The number of ether oxygens (including phenoxy) is 2. The number of halogens is 2. The van der Waals surface area contributed by atoms with Gasteiger partial charge in [-0.15, -0.1) is 0 Å². The number of carbonyl (C=O) groups excluding carboxylic acids is 1. The number of rotatable bonds is 5. The number of nitrogens with zero attached hydrogens (tertiary/aromatic N) is 1. The minimum Gasteiger partial charge on any atom is -0.494 e. The lowest BCUT2D eigenvalue weighted by atomic mass is 10.1. The van der Waals surface area contributed by atoms with Crippen molar-refractivity contribution in [1.29, 1.82) is 0 Å². The lowest BCUT2D eigenvalue weighted by Crippen LogP contribution is -2.00. The second-order valence-electron chi connectivity index (χ2n) is 7.22. The molecule has 158 valence electrons. The first-order chi connectivity index (χ1) is 14.9. The van der Waals surface area contributed by atoms with Crippen molar-refractivity contribution in [2.24, 2.45) is 0 Å². The molecule has 0 aliphatic carbocycles. The Balaban J connectivity index is 1.67. The highest BCUT2D eigenvalue weighted by molar-refractivity contribution is 6.42. The van der Waals surface area contributed by atoms with Crippen LogP contribution in [0.1, 0.15) is 29.4 Å². The van der Waals surface area contributed by atoms with Crippen LogP contribution in [0.4, 0.5) is 0 Å². The molecule has 6 heteroatoms.